The molecular formula is C14H19F2N3O2. The van der Waals surface area contributed by atoms with Gasteiger partial charge in [0.1, 0.15) is 11.6 Å². The third-order valence-electron chi connectivity index (χ3n) is 2.52. The van der Waals surface area contributed by atoms with Crippen molar-refractivity contribution in [2.45, 2.75) is 20.3 Å². The van der Waals surface area contributed by atoms with Crippen molar-refractivity contribution < 1.29 is 18.4 Å². The van der Waals surface area contributed by atoms with Gasteiger partial charge in [-0.2, -0.15) is 0 Å². The van der Waals surface area contributed by atoms with E-state index in [-0.39, 0.29) is 24.6 Å². The Hall–Kier alpha value is -2.18. The molecule has 0 bridgehead atoms. The Morgan fingerprint density at radius 1 is 1.19 bits per heavy atom. The highest BCUT2D eigenvalue weighted by Crippen LogP contribution is 2.14. The van der Waals surface area contributed by atoms with E-state index >= 15 is 0 Å². The van der Waals surface area contributed by atoms with E-state index in [1.807, 2.05) is 13.8 Å². The van der Waals surface area contributed by atoms with E-state index < -0.39 is 17.7 Å². The lowest BCUT2D eigenvalue weighted by Gasteiger charge is -2.09. The Labute approximate surface area is 122 Å². The molecule has 116 valence electrons. The first-order valence-corrected chi connectivity index (χ1v) is 6.65. The zero-order chi connectivity index (χ0) is 15.8. The summed E-state index contributed by atoms with van der Waals surface area (Å²) in [4.78, 5) is 22.9. The number of carbonyl (C=O) groups excluding carboxylic acids is 2. The fourth-order valence-electron chi connectivity index (χ4n) is 1.45. The van der Waals surface area contributed by atoms with Gasteiger partial charge in [0.25, 0.3) is 0 Å². The van der Waals surface area contributed by atoms with Crippen molar-refractivity contribution in [3.8, 4) is 0 Å². The van der Waals surface area contributed by atoms with Crippen LogP contribution >= 0.6 is 0 Å². The smallest absolute Gasteiger partial charge is 0.319 e. The van der Waals surface area contributed by atoms with Crippen LogP contribution in [0.3, 0.4) is 0 Å². The van der Waals surface area contributed by atoms with Crippen molar-refractivity contribution in [2.24, 2.45) is 5.92 Å². The van der Waals surface area contributed by atoms with Gasteiger partial charge in [0.05, 0.1) is 5.69 Å². The lowest BCUT2D eigenvalue weighted by atomic mass is 10.2. The van der Waals surface area contributed by atoms with E-state index in [0.29, 0.717) is 18.5 Å². The molecule has 3 amide bonds. The number of hydrogen-bond acceptors (Lipinski definition) is 2. The monoisotopic (exact) mass is 299 g/mol. The van der Waals surface area contributed by atoms with Crippen LogP contribution in [0, 0.1) is 17.6 Å². The van der Waals surface area contributed by atoms with Gasteiger partial charge in [-0.05, 0) is 18.1 Å². The summed E-state index contributed by atoms with van der Waals surface area (Å²) in [6.07, 6.45) is 0.131. The molecule has 0 heterocycles. The second-order valence-electron chi connectivity index (χ2n) is 4.95. The van der Waals surface area contributed by atoms with Crippen LogP contribution in [-0.4, -0.2) is 25.0 Å². The summed E-state index contributed by atoms with van der Waals surface area (Å²) < 4.78 is 26.0. The molecule has 0 spiro atoms. The number of anilines is 1. The number of urea groups is 1. The molecule has 0 fully saturated rings. The molecule has 7 heteroatoms. The van der Waals surface area contributed by atoms with Crippen molar-refractivity contribution >= 4 is 17.6 Å². The maximum Gasteiger partial charge on any atom is 0.319 e. The standard InChI is InChI=1S/C14H19F2N3O2/c1-9(2)8-18-13(20)5-6-17-14(21)19-12-4-3-10(15)7-11(12)16/h3-4,7,9H,5-6,8H2,1-2H3,(H,18,20)(H2,17,19,21). The largest absolute Gasteiger partial charge is 0.356 e. The molecule has 0 saturated carbocycles. The summed E-state index contributed by atoms with van der Waals surface area (Å²) in [5.74, 6) is -1.40. The fourth-order valence-corrected chi connectivity index (χ4v) is 1.45. The molecule has 0 aromatic heterocycles. The van der Waals surface area contributed by atoms with Gasteiger partial charge in [-0.25, -0.2) is 13.6 Å². The first-order valence-electron chi connectivity index (χ1n) is 6.65. The fraction of sp³-hybridized carbons (Fsp3) is 0.429. The quantitative estimate of drug-likeness (QED) is 0.754. The van der Waals surface area contributed by atoms with Crippen molar-refractivity contribution in [1.29, 1.82) is 0 Å². The Kier molecular flexibility index (Phi) is 6.58. The normalized spacial score (nSPS) is 10.3. The molecule has 0 aliphatic heterocycles. The van der Waals surface area contributed by atoms with Crippen LogP contribution in [0.15, 0.2) is 18.2 Å². The number of nitrogens with one attached hydrogen (secondary N) is 3. The van der Waals surface area contributed by atoms with Crippen LogP contribution in [-0.2, 0) is 4.79 Å². The second-order valence-corrected chi connectivity index (χ2v) is 4.95. The van der Waals surface area contributed by atoms with Gasteiger partial charge in [-0.3, -0.25) is 4.79 Å². The number of carbonyl (C=O) groups is 2. The molecule has 5 nitrogen and oxygen atoms in total. The Morgan fingerprint density at radius 2 is 1.90 bits per heavy atom. The van der Waals surface area contributed by atoms with Crippen molar-refractivity contribution in [1.82, 2.24) is 10.6 Å². The van der Waals surface area contributed by atoms with E-state index in [2.05, 4.69) is 16.0 Å². The highest BCUT2D eigenvalue weighted by Gasteiger charge is 2.08. The van der Waals surface area contributed by atoms with Gasteiger partial charge in [0.2, 0.25) is 5.91 Å². The van der Waals surface area contributed by atoms with Gasteiger partial charge in [0, 0.05) is 25.6 Å². The lowest BCUT2D eigenvalue weighted by Crippen LogP contribution is -2.34. The number of rotatable bonds is 6. The van der Waals surface area contributed by atoms with Crippen molar-refractivity contribution in [3.63, 3.8) is 0 Å². The summed E-state index contributed by atoms with van der Waals surface area (Å²) in [5, 5.41) is 7.37. The number of benzene rings is 1. The molecule has 1 aromatic rings. The maximum atomic E-state index is 13.3. The number of amides is 3. The average Bonchev–Trinajstić information content (AvgIpc) is 2.39. The molecule has 0 radical (unpaired) electrons. The molecular weight excluding hydrogens is 280 g/mol. The average molecular weight is 299 g/mol. The van der Waals surface area contributed by atoms with Crippen LogP contribution in [0.25, 0.3) is 0 Å². The Morgan fingerprint density at radius 3 is 2.52 bits per heavy atom. The summed E-state index contributed by atoms with van der Waals surface area (Å²) >= 11 is 0. The lowest BCUT2D eigenvalue weighted by molar-refractivity contribution is -0.121. The first-order chi connectivity index (χ1) is 9.88. The Bertz CT molecular complexity index is 507. The Balaban J connectivity index is 2.29. The SMILES string of the molecule is CC(C)CNC(=O)CCNC(=O)Nc1ccc(F)cc1F. The summed E-state index contributed by atoms with van der Waals surface area (Å²) in [6, 6.07) is 2.18. The number of hydrogen-bond donors (Lipinski definition) is 3. The predicted octanol–water partition coefficient (Wildman–Crippen LogP) is 2.25. The minimum atomic E-state index is -0.861. The molecule has 1 rings (SSSR count). The van der Waals surface area contributed by atoms with Gasteiger partial charge in [-0.1, -0.05) is 13.8 Å². The second kappa shape index (κ2) is 8.18. The van der Waals surface area contributed by atoms with E-state index in [1.165, 1.54) is 0 Å². The first kappa shape index (κ1) is 16.9. The third-order valence-corrected chi connectivity index (χ3v) is 2.52. The zero-order valence-electron chi connectivity index (χ0n) is 12.0. The molecule has 0 aliphatic carbocycles. The molecule has 0 saturated heterocycles. The highest BCUT2D eigenvalue weighted by molar-refractivity contribution is 5.89. The zero-order valence-corrected chi connectivity index (χ0v) is 12.0. The van der Waals surface area contributed by atoms with E-state index in [0.717, 1.165) is 12.1 Å². The molecule has 0 aliphatic rings. The van der Waals surface area contributed by atoms with Crippen LogP contribution in [0.5, 0.6) is 0 Å². The maximum absolute atomic E-state index is 13.3. The van der Waals surface area contributed by atoms with Gasteiger partial charge >= 0.3 is 6.03 Å². The molecule has 3 N–H and O–H groups in total. The van der Waals surface area contributed by atoms with Crippen LogP contribution in [0.2, 0.25) is 0 Å². The summed E-state index contributed by atoms with van der Waals surface area (Å²) in [7, 11) is 0. The van der Waals surface area contributed by atoms with Crippen molar-refractivity contribution in [3.05, 3.63) is 29.8 Å². The summed E-state index contributed by atoms with van der Waals surface area (Å²) in [5.41, 5.74) is -0.127. The van der Waals surface area contributed by atoms with E-state index in [4.69, 9.17) is 0 Å². The molecule has 0 unspecified atom stereocenters. The minimum Gasteiger partial charge on any atom is -0.356 e. The van der Waals surface area contributed by atoms with Crippen LogP contribution in [0.4, 0.5) is 19.3 Å². The third kappa shape index (κ3) is 6.69. The van der Waals surface area contributed by atoms with Crippen LogP contribution in [0.1, 0.15) is 20.3 Å². The van der Waals surface area contributed by atoms with Crippen molar-refractivity contribution in [2.75, 3.05) is 18.4 Å². The van der Waals surface area contributed by atoms with Gasteiger partial charge < -0.3 is 16.0 Å². The minimum absolute atomic E-state index is 0.124. The predicted molar refractivity (Wildman–Crippen MR) is 75.8 cm³/mol. The molecule has 21 heavy (non-hydrogen) atoms. The molecule has 0 atom stereocenters. The summed E-state index contributed by atoms with van der Waals surface area (Å²) in [6.45, 7) is 4.65. The van der Waals surface area contributed by atoms with E-state index in [9.17, 15) is 18.4 Å². The van der Waals surface area contributed by atoms with Gasteiger partial charge in [0.15, 0.2) is 0 Å². The van der Waals surface area contributed by atoms with Gasteiger partial charge in [-0.15, -0.1) is 0 Å². The van der Waals surface area contributed by atoms with Crippen LogP contribution < -0.4 is 16.0 Å². The highest BCUT2D eigenvalue weighted by atomic mass is 19.1. The number of halogens is 2. The topological polar surface area (TPSA) is 70.2 Å². The molecule has 1 aromatic carbocycles. The van der Waals surface area contributed by atoms with E-state index in [1.54, 1.807) is 0 Å².